The third-order valence-electron chi connectivity index (χ3n) is 4.18. The van der Waals surface area contributed by atoms with Crippen molar-refractivity contribution in [2.75, 3.05) is 0 Å². The number of allylic oxidation sites excluding steroid dienone is 1. The van der Waals surface area contributed by atoms with Gasteiger partial charge in [0, 0.05) is 22.9 Å². The van der Waals surface area contributed by atoms with Crippen molar-refractivity contribution >= 4 is 29.3 Å². The maximum atomic E-state index is 13.1. The van der Waals surface area contributed by atoms with Crippen molar-refractivity contribution < 1.29 is 9.18 Å². The van der Waals surface area contributed by atoms with Crippen LogP contribution in [0.25, 0.3) is 0 Å². The molecule has 150 valence electrons. The van der Waals surface area contributed by atoms with Gasteiger partial charge in [0.1, 0.15) is 5.82 Å². The van der Waals surface area contributed by atoms with Gasteiger partial charge >= 0.3 is 0 Å². The lowest BCUT2D eigenvalue weighted by Crippen LogP contribution is -2.28. The molecule has 1 atom stereocenters. The number of hydrogen-bond acceptors (Lipinski definition) is 4. The Kier molecular flexibility index (Phi) is 7.06. The average molecular weight is 431 g/mol. The minimum Gasteiger partial charge on any atom is -0.342 e. The van der Waals surface area contributed by atoms with E-state index in [1.165, 1.54) is 23.9 Å². The van der Waals surface area contributed by atoms with E-state index in [0.29, 0.717) is 33.9 Å². The Hall–Kier alpha value is -2.64. The van der Waals surface area contributed by atoms with E-state index >= 15 is 0 Å². The minimum absolute atomic E-state index is 0.220. The molecule has 3 aromatic rings. The van der Waals surface area contributed by atoms with Crippen LogP contribution < -0.4 is 5.32 Å². The van der Waals surface area contributed by atoms with E-state index in [0.717, 1.165) is 5.56 Å². The summed E-state index contributed by atoms with van der Waals surface area (Å²) in [5.74, 6) is 0.777. The zero-order chi connectivity index (χ0) is 20.8. The number of hydrogen-bond donors (Lipinski definition) is 1. The molecular weight excluding hydrogens is 411 g/mol. The molecule has 0 aliphatic rings. The second kappa shape index (κ2) is 9.71. The number of amides is 1. The molecule has 0 bridgehead atoms. The van der Waals surface area contributed by atoms with Crippen LogP contribution in [-0.2, 0) is 12.3 Å². The third-order valence-corrected chi connectivity index (χ3v) is 5.47. The zero-order valence-corrected chi connectivity index (χ0v) is 17.4. The molecule has 1 N–H and O–H groups in total. The molecule has 0 spiro atoms. The fourth-order valence-electron chi connectivity index (χ4n) is 2.70. The molecule has 0 saturated heterocycles. The number of halogens is 2. The van der Waals surface area contributed by atoms with Crippen molar-refractivity contribution in [1.82, 2.24) is 20.1 Å². The number of nitrogens with zero attached hydrogens (tertiary/aromatic N) is 3. The predicted octanol–water partition coefficient (Wildman–Crippen LogP) is 5.04. The molecule has 1 amide bonds. The highest BCUT2D eigenvalue weighted by Crippen LogP contribution is 2.24. The average Bonchev–Trinajstić information content (AvgIpc) is 3.11. The van der Waals surface area contributed by atoms with Gasteiger partial charge in [0.05, 0.1) is 6.04 Å². The molecule has 2 aromatic carbocycles. The Bertz CT molecular complexity index is 989. The van der Waals surface area contributed by atoms with Gasteiger partial charge in [-0.15, -0.1) is 16.8 Å². The first-order valence-electron chi connectivity index (χ1n) is 8.95. The predicted molar refractivity (Wildman–Crippen MR) is 114 cm³/mol. The van der Waals surface area contributed by atoms with E-state index < -0.39 is 0 Å². The summed E-state index contributed by atoms with van der Waals surface area (Å²) in [6.45, 7) is 6.16. The van der Waals surface area contributed by atoms with Crippen LogP contribution in [0.15, 0.2) is 66.3 Å². The van der Waals surface area contributed by atoms with Crippen LogP contribution in [0.1, 0.15) is 34.7 Å². The lowest BCUT2D eigenvalue weighted by Gasteiger charge is -2.15. The van der Waals surface area contributed by atoms with Crippen molar-refractivity contribution in [3.63, 3.8) is 0 Å². The molecule has 1 aromatic heterocycles. The van der Waals surface area contributed by atoms with E-state index in [-0.39, 0.29) is 17.8 Å². The van der Waals surface area contributed by atoms with Gasteiger partial charge in [0.2, 0.25) is 0 Å². The first-order valence-corrected chi connectivity index (χ1v) is 10.3. The van der Waals surface area contributed by atoms with Crippen molar-refractivity contribution in [3.05, 3.63) is 89.0 Å². The number of nitrogens with one attached hydrogen (secondary N) is 1. The number of thioether (sulfide) groups is 1. The molecular formula is C21H20ClFN4OS. The van der Waals surface area contributed by atoms with Gasteiger partial charge in [0.25, 0.3) is 5.91 Å². The third kappa shape index (κ3) is 5.46. The molecule has 0 fully saturated rings. The second-order valence-electron chi connectivity index (χ2n) is 6.36. The molecule has 0 unspecified atom stereocenters. The maximum Gasteiger partial charge on any atom is 0.251 e. The first kappa shape index (κ1) is 21.1. The standard InChI is InChI=1S/C21H20ClFN4OS/c1-3-12-27-19(14(2)24-20(28)16-6-8-17(22)9-7-16)25-26-21(27)29-13-15-4-10-18(23)11-5-15/h3-11,14H,1,12-13H2,2H3,(H,24,28)/t14-/m1/s1. The van der Waals surface area contributed by atoms with Crippen LogP contribution in [0.3, 0.4) is 0 Å². The van der Waals surface area contributed by atoms with Crippen molar-refractivity contribution in [2.24, 2.45) is 0 Å². The molecule has 29 heavy (non-hydrogen) atoms. The normalized spacial score (nSPS) is 11.8. The Morgan fingerprint density at radius 3 is 2.59 bits per heavy atom. The summed E-state index contributed by atoms with van der Waals surface area (Å²) in [6.07, 6.45) is 1.75. The van der Waals surface area contributed by atoms with Crippen LogP contribution >= 0.6 is 23.4 Å². The Morgan fingerprint density at radius 1 is 1.24 bits per heavy atom. The Labute approximate surface area is 178 Å². The van der Waals surface area contributed by atoms with E-state index in [4.69, 9.17) is 11.6 Å². The molecule has 0 radical (unpaired) electrons. The summed E-state index contributed by atoms with van der Waals surface area (Å²) < 4.78 is 15.0. The van der Waals surface area contributed by atoms with E-state index in [1.54, 1.807) is 42.5 Å². The van der Waals surface area contributed by atoms with Crippen molar-refractivity contribution in [3.8, 4) is 0 Å². The number of rotatable bonds is 8. The van der Waals surface area contributed by atoms with Crippen molar-refractivity contribution in [2.45, 2.75) is 30.4 Å². The molecule has 1 heterocycles. The van der Waals surface area contributed by atoms with E-state index in [2.05, 4.69) is 22.1 Å². The van der Waals surface area contributed by atoms with E-state index in [9.17, 15) is 9.18 Å². The SMILES string of the molecule is C=CCn1c(SCc2ccc(F)cc2)nnc1[C@@H](C)NC(=O)c1ccc(Cl)cc1. The van der Waals surface area contributed by atoms with Gasteiger partial charge in [-0.2, -0.15) is 0 Å². The highest BCUT2D eigenvalue weighted by Gasteiger charge is 2.20. The zero-order valence-electron chi connectivity index (χ0n) is 15.8. The van der Waals surface area contributed by atoms with Crippen molar-refractivity contribution in [1.29, 1.82) is 0 Å². The quantitative estimate of drug-likeness (QED) is 0.401. The lowest BCUT2D eigenvalue weighted by atomic mass is 10.2. The summed E-state index contributed by atoms with van der Waals surface area (Å²) in [4.78, 5) is 12.5. The maximum absolute atomic E-state index is 13.1. The molecule has 5 nitrogen and oxygen atoms in total. The van der Waals surface area contributed by atoms with Crippen LogP contribution in [0.2, 0.25) is 5.02 Å². The topological polar surface area (TPSA) is 59.8 Å². The summed E-state index contributed by atoms with van der Waals surface area (Å²) >= 11 is 7.37. The molecule has 0 aliphatic carbocycles. The fourth-order valence-corrected chi connectivity index (χ4v) is 3.74. The van der Waals surface area contributed by atoms with Gasteiger partial charge in [-0.1, -0.05) is 41.6 Å². The van der Waals surface area contributed by atoms with Crippen LogP contribution in [-0.4, -0.2) is 20.7 Å². The smallest absolute Gasteiger partial charge is 0.251 e. The van der Waals surface area contributed by atoms with Gasteiger partial charge < -0.3 is 9.88 Å². The highest BCUT2D eigenvalue weighted by molar-refractivity contribution is 7.98. The van der Waals surface area contributed by atoms with Gasteiger partial charge in [-0.3, -0.25) is 4.79 Å². The number of benzene rings is 2. The van der Waals surface area contributed by atoms with Gasteiger partial charge in [0.15, 0.2) is 11.0 Å². The first-order chi connectivity index (χ1) is 14.0. The molecule has 0 aliphatic heterocycles. The van der Waals surface area contributed by atoms with Crippen LogP contribution in [0.4, 0.5) is 4.39 Å². The van der Waals surface area contributed by atoms with E-state index in [1.807, 2.05) is 11.5 Å². The minimum atomic E-state index is -0.356. The number of carbonyl (C=O) groups is 1. The van der Waals surface area contributed by atoms with Crippen LogP contribution in [0.5, 0.6) is 0 Å². The summed E-state index contributed by atoms with van der Waals surface area (Å²) in [6, 6.07) is 12.7. The lowest BCUT2D eigenvalue weighted by molar-refractivity contribution is 0.0937. The highest BCUT2D eigenvalue weighted by atomic mass is 35.5. The van der Waals surface area contributed by atoms with Crippen LogP contribution in [0, 0.1) is 5.82 Å². The summed E-state index contributed by atoms with van der Waals surface area (Å²) in [5.41, 5.74) is 1.50. The second-order valence-corrected chi connectivity index (χ2v) is 7.74. The van der Waals surface area contributed by atoms with Gasteiger partial charge in [-0.25, -0.2) is 4.39 Å². The largest absolute Gasteiger partial charge is 0.342 e. The summed E-state index contributed by atoms with van der Waals surface area (Å²) in [7, 11) is 0. The number of aromatic nitrogens is 3. The fraction of sp³-hybridized carbons (Fsp3) is 0.190. The Balaban J connectivity index is 1.72. The monoisotopic (exact) mass is 430 g/mol. The molecule has 0 saturated carbocycles. The van der Waals surface area contributed by atoms with Gasteiger partial charge in [-0.05, 0) is 48.9 Å². The molecule has 3 rings (SSSR count). The summed E-state index contributed by atoms with van der Waals surface area (Å²) in [5, 5.41) is 12.7. The number of carbonyl (C=O) groups excluding carboxylic acids is 1. The molecule has 8 heteroatoms. The Morgan fingerprint density at radius 2 is 1.93 bits per heavy atom.